The van der Waals surface area contributed by atoms with Crippen molar-refractivity contribution in [1.29, 1.82) is 0 Å². The van der Waals surface area contributed by atoms with Crippen LogP contribution in [0, 0.1) is 0 Å². The Morgan fingerprint density at radius 1 is 1.80 bits per heavy atom. The highest BCUT2D eigenvalue weighted by Gasteiger charge is 1.87. The van der Waals surface area contributed by atoms with Crippen molar-refractivity contribution in [3.8, 4) is 0 Å². The fourth-order valence-electron chi connectivity index (χ4n) is 0. The summed E-state index contributed by atoms with van der Waals surface area (Å²) in [6.45, 7) is 4.36. The molecule has 1 atom stereocenters. The number of rotatable bonds is 1. The second-order valence-corrected chi connectivity index (χ2v) is 2.52. The lowest BCUT2D eigenvalue weighted by molar-refractivity contribution is 1.45. The van der Waals surface area contributed by atoms with Crippen LogP contribution in [0.25, 0.3) is 0 Å². The maximum absolute atomic E-state index is 2.73. The summed E-state index contributed by atoms with van der Waals surface area (Å²) in [4.78, 5) is 0. The van der Waals surface area contributed by atoms with Crippen molar-refractivity contribution in [2.45, 2.75) is 20.1 Å². The van der Waals surface area contributed by atoms with E-state index in [0.717, 1.165) is 6.43 Å². The van der Waals surface area contributed by atoms with Gasteiger partial charge in [0.25, 0.3) is 0 Å². The predicted molar refractivity (Wildman–Crippen MR) is 31.8 cm³/mol. The van der Waals surface area contributed by atoms with Gasteiger partial charge in [0.15, 0.2) is 6.43 Å². The molecule has 0 rings (SSSR count). The van der Waals surface area contributed by atoms with Crippen molar-refractivity contribution in [3.05, 3.63) is 0 Å². The van der Waals surface area contributed by atoms with E-state index in [9.17, 15) is 0 Å². The molecule has 0 fully saturated rings. The molecule has 0 radical (unpaired) electrons. The van der Waals surface area contributed by atoms with Gasteiger partial charge in [0.2, 0.25) is 0 Å². The van der Waals surface area contributed by atoms with E-state index in [2.05, 4.69) is 22.9 Å². The summed E-state index contributed by atoms with van der Waals surface area (Å²) in [7, 11) is 2.73. The molecule has 0 nitrogen and oxygen atoms in total. The van der Waals surface area contributed by atoms with E-state index in [1.54, 1.807) is 0 Å². The molecule has 0 aliphatic rings. The zero-order valence-corrected chi connectivity index (χ0v) is 5.02. The molecule has 0 aromatic carbocycles. The first-order chi connectivity index (χ1) is 2.27. The number of hydrogen-bond acceptors (Lipinski definition) is 0. The molecule has 0 heterocycles. The summed E-state index contributed by atoms with van der Waals surface area (Å²) < 4.78 is 0. The van der Waals surface area contributed by atoms with Crippen LogP contribution in [0.5, 0.6) is 0 Å². The number of hydrogen-bond donors (Lipinski definition) is 0. The van der Waals surface area contributed by atoms with E-state index in [-0.39, 0.29) is 0 Å². The Hall–Kier alpha value is 0.495. The lowest BCUT2D eigenvalue weighted by Crippen LogP contribution is -1.86. The van der Waals surface area contributed by atoms with Gasteiger partial charge >= 0.3 is 0 Å². The van der Waals surface area contributed by atoms with Crippen LogP contribution in [0.1, 0.15) is 6.92 Å². The van der Waals surface area contributed by atoms with Gasteiger partial charge in [-0.25, -0.2) is 0 Å². The quantitative estimate of drug-likeness (QED) is 0.336. The smallest absolute Gasteiger partial charge is 0.160 e. The van der Waals surface area contributed by atoms with Crippen molar-refractivity contribution in [3.63, 3.8) is 0 Å². The van der Waals surface area contributed by atoms with Crippen molar-refractivity contribution < 1.29 is 0 Å². The van der Waals surface area contributed by atoms with Gasteiger partial charge in [-0.2, -0.15) is 9.12 Å². The van der Waals surface area contributed by atoms with Gasteiger partial charge in [0.05, 0.1) is 0 Å². The fourth-order valence-corrected chi connectivity index (χ4v) is 0. The Kier molecular flexibility index (Phi) is 2.99. The van der Waals surface area contributed by atoms with Gasteiger partial charge in [-0.1, -0.05) is 20.1 Å². The highest BCUT2D eigenvalue weighted by molar-refractivity contribution is 7.61. The van der Waals surface area contributed by atoms with Crippen LogP contribution in [0.2, 0.25) is 13.1 Å². The van der Waals surface area contributed by atoms with Crippen molar-refractivity contribution >= 4 is 15.6 Å². The fraction of sp³-hybridized carbons (Fsp3) is 1.00. The molecule has 2 heteroatoms. The summed E-state index contributed by atoms with van der Waals surface area (Å²) in [6, 6.07) is 0. The summed E-state index contributed by atoms with van der Waals surface area (Å²) in [5.41, 5.74) is 0. The molecule has 0 bridgehead atoms. The van der Waals surface area contributed by atoms with Gasteiger partial charge < -0.3 is 0 Å². The van der Waals surface area contributed by atoms with Crippen LogP contribution in [0.15, 0.2) is 0 Å². The van der Waals surface area contributed by atoms with Crippen LogP contribution >= 0.6 is 9.12 Å². The summed E-state index contributed by atoms with van der Waals surface area (Å²) in [5, 5.41) is 0. The topological polar surface area (TPSA) is 0 Å². The molecule has 0 spiro atoms. The largest absolute Gasteiger partial charge is 0.171 e. The Labute approximate surface area is 36.6 Å². The normalized spacial score (nSPS) is 7.80. The monoisotopic (exact) mass is 88.1 g/mol. The highest BCUT2D eigenvalue weighted by Crippen LogP contribution is 1.96. The van der Waals surface area contributed by atoms with Crippen LogP contribution < -0.4 is 0 Å². The molecular formula is C3H10BP. The first kappa shape index (κ1) is 5.49. The van der Waals surface area contributed by atoms with Gasteiger partial charge in [0.1, 0.15) is 0 Å². The summed E-state index contributed by atoms with van der Waals surface area (Å²) in [5.74, 6) is 0. The van der Waals surface area contributed by atoms with Gasteiger partial charge in [-0.15, -0.1) is 0 Å². The molecule has 0 saturated carbocycles. The minimum atomic E-state index is 0.801. The van der Waals surface area contributed by atoms with Crippen LogP contribution in [-0.4, -0.2) is 6.43 Å². The van der Waals surface area contributed by atoms with E-state index in [1.165, 1.54) is 6.32 Å². The third-order valence-electron chi connectivity index (χ3n) is 0.644. The summed E-state index contributed by atoms with van der Waals surface area (Å²) in [6.07, 6.45) is 2.07. The SMILES string of the molecule is CCB(C)P. The van der Waals surface area contributed by atoms with Gasteiger partial charge in [-0.05, 0) is 0 Å². The molecule has 0 aliphatic heterocycles. The third kappa shape index (κ3) is 4.49. The minimum Gasteiger partial charge on any atom is -0.171 e. The molecule has 0 aliphatic carbocycles. The van der Waals surface area contributed by atoms with Crippen LogP contribution in [-0.2, 0) is 0 Å². The maximum Gasteiger partial charge on any atom is 0.160 e. The van der Waals surface area contributed by atoms with Gasteiger partial charge in [0, 0.05) is 0 Å². The first-order valence-corrected chi connectivity index (χ1v) is 2.69. The van der Waals surface area contributed by atoms with Crippen LogP contribution in [0.3, 0.4) is 0 Å². The molecule has 0 N–H and O–H groups in total. The second-order valence-electron chi connectivity index (χ2n) is 1.39. The van der Waals surface area contributed by atoms with E-state index in [0.29, 0.717) is 0 Å². The lowest BCUT2D eigenvalue weighted by atomic mass is 9.77. The maximum atomic E-state index is 2.73. The molecule has 0 saturated heterocycles. The zero-order valence-electron chi connectivity index (χ0n) is 3.86. The Bertz CT molecular complexity index is 20.9. The minimum absolute atomic E-state index is 0.801. The second kappa shape index (κ2) is 2.72. The standard InChI is InChI=1S/C3H10BP/c1-3-4(2)5/h3,5H2,1-2H3. The molecule has 30 valence electrons. The Morgan fingerprint density at radius 3 is 2.00 bits per heavy atom. The Morgan fingerprint density at radius 2 is 2.00 bits per heavy atom. The molecule has 0 aromatic rings. The third-order valence-corrected chi connectivity index (χ3v) is 1.12. The van der Waals surface area contributed by atoms with Crippen molar-refractivity contribution in [1.82, 2.24) is 0 Å². The van der Waals surface area contributed by atoms with Crippen molar-refractivity contribution in [2.75, 3.05) is 0 Å². The Balaban J connectivity index is 2.54. The highest BCUT2D eigenvalue weighted by atomic mass is 31.0. The average molecular weight is 87.9 g/mol. The molecule has 0 aromatic heterocycles. The van der Waals surface area contributed by atoms with E-state index in [4.69, 9.17) is 0 Å². The zero-order chi connectivity index (χ0) is 4.28. The van der Waals surface area contributed by atoms with Crippen LogP contribution in [0.4, 0.5) is 0 Å². The van der Waals surface area contributed by atoms with E-state index < -0.39 is 0 Å². The van der Waals surface area contributed by atoms with Crippen molar-refractivity contribution in [2.24, 2.45) is 0 Å². The van der Waals surface area contributed by atoms with Gasteiger partial charge in [-0.3, -0.25) is 0 Å². The molecule has 0 amide bonds. The van der Waals surface area contributed by atoms with E-state index >= 15 is 0 Å². The molecule has 1 unspecified atom stereocenters. The van der Waals surface area contributed by atoms with E-state index in [1.807, 2.05) is 0 Å². The first-order valence-electron chi connectivity index (χ1n) is 2.03. The molecule has 5 heavy (non-hydrogen) atoms. The average Bonchev–Trinajstić information content (AvgIpc) is 1.38. The predicted octanol–water partition coefficient (Wildman–Crippen LogP) is 1.50. The summed E-state index contributed by atoms with van der Waals surface area (Å²) >= 11 is 0. The lowest BCUT2D eigenvalue weighted by Gasteiger charge is -1.84. The molecular weight excluding hydrogens is 77.8 g/mol.